The molecule has 0 fully saturated rings. The molecule has 0 heterocycles. The van der Waals surface area contributed by atoms with Crippen molar-refractivity contribution in [2.24, 2.45) is 5.73 Å². The van der Waals surface area contributed by atoms with E-state index >= 15 is 0 Å². The number of aliphatic carboxylic acids is 2. The minimum Gasteiger partial charge on any atom is -0.480 e. The molecule has 2 atom stereocenters. The molecule has 16 heteroatoms. The summed E-state index contributed by atoms with van der Waals surface area (Å²) in [4.78, 5) is 58.1. The smallest absolute Gasteiger partial charge is 0.339 e. The summed E-state index contributed by atoms with van der Waals surface area (Å²) in [6.07, 6.45) is -2.29. The first-order valence-electron chi connectivity index (χ1n) is 6.01. The van der Waals surface area contributed by atoms with Gasteiger partial charge in [0.15, 0.2) is 0 Å². The molecule has 0 aliphatic rings. The Kier molecular flexibility index (Phi) is 10.1. The summed E-state index contributed by atoms with van der Waals surface area (Å²) in [6.45, 7) is 0. The maximum atomic E-state index is 11.3. The molecule has 0 rings (SSSR count). The molecule has 0 aromatic heterocycles. The zero-order valence-corrected chi connectivity index (χ0v) is 15.5. The summed E-state index contributed by atoms with van der Waals surface area (Å²) < 4.78 is 22.1. The molecule has 0 unspecified atom stereocenters. The van der Waals surface area contributed by atoms with Crippen LogP contribution in [0.4, 0.5) is 0 Å². The molecule has 0 aliphatic carbocycles. The molecular formula is C8H18N2O10P2S2. The van der Waals surface area contributed by atoms with E-state index in [1.807, 2.05) is 0 Å². The third-order valence-electron chi connectivity index (χ3n) is 2.33. The van der Waals surface area contributed by atoms with E-state index in [1.165, 1.54) is 0 Å². The Morgan fingerprint density at radius 3 is 1.67 bits per heavy atom. The lowest BCUT2D eigenvalue weighted by Gasteiger charge is -2.28. The van der Waals surface area contributed by atoms with Gasteiger partial charge in [-0.15, -0.1) is 0 Å². The second-order valence-electron chi connectivity index (χ2n) is 4.57. The second kappa shape index (κ2) is 10.1. The van der Waals surface area contributed by atoms with Crippen LogP contribution in [0.15, 0.2) is 0 Å². The molecule has 12 nitrogen and oxygen atoms in total. The van der Waals surface area contributed by atoms with Gasteiger partial charge in [-0.25, -0.2) is 0 Å². The van der Waals surface area contributed by atoms with Gasteiger partial charge in [0.25, 0.3) is 0 Å². The summed E-state index contributed by atoms with van der Waals surface area (Å²) >= 11 is 0. The summed E-state index contributed by atoms with van der Waals surface area (Å²) in [5.41, 5.74) is 5.25. The van der Waals surface area contributed by atoms with Gasteiger partial charge < -0.3 is 35.5 Å². The highest BCUT2D eigenvalue weighted by Gasteiger charge is 2.35. The van der Waals surface area contributed by atoms with Crippen LogP contribution < -0.4 is 5.73 Å². The average molecular weight is 428 g/mol. The lowest BCUT2D eigenvalue weighted by molar-refractivity contribution is -0.142. The van der Waals surface area contributed by atoms with Crippen LogP contribution in [0.25, 0.3) is 0 Å². The fourth-order valence-electron chi connectivity index (χ4n) is 1.35. The quantitative estimate of drug-likeness (QED) is 0.110. The van der Waals surface area contributed by atoms with E-state index in [1.54, 1.807) is 0 Å². The first kappa shape index (κ1) is 23.9. The van der Waals surface area contributed by atoms with E-state index in [0.29, 0.717) is 4.90 Å². The fraction of sp³-hybridized carbons (Fsp3) is 0.750. The van der Waals surface area contributed by atoms with Crippen LogP contribution in [0.3, 0.4) is 0 Å². The van der Waals surface area contributed by atoms with Crippen LogP contribution in [0.2, 0.25) is 0 Å². The first-order chi connectivity index (χ1) is 10.7. The summed E-state index contributed by atoms with van der Waals surface area (Å²) in [5.74, 6) is -3.13. The highest BCUT2D eigenvalue weighted by atomic mass is 33.1. The van der Waals surface area contributed by atoms with E-state index in [0.717, 1.165) is 21.6 Å². The summed E-state index contributed by atoms with van der Waals surface area (Å²) in [7, 11) is -7.75. The summed E-state index contributed by atoms with van der Waals surface area (Å²) in [6, 6.07) is -2.77. The Morgan fingerprint density at radius 1 is 0.917 bits per heavy atom. The van der Waals surface area contributed by atoms with Crippen LogP contribution in [0.5, 0.6) is 0 Å². The normalized spacial score (nSPS) is 15.2. The van der Waals surface area contributed by atoms with E-state index in [9.17, 15) is 18.7 Å². The lowest BCUT2D eigenvalue weighted by Crippen LogP contribution is -2.44. The maximum Gasteiger partial charge on any atom is 0.339 e. The van der Waals surface area contributed by atoms with Crippen LogP contribution in [-0.2, 0) is 18.7 Å². The molecule has 24 heavy (non-hydrogen) atoms. The Bertz CT molecular complexity index is 513. The third kappa shape index (κ3) is 11.4. The molecule has 0 aromatic carbocycles. The van der Waals surface area contributed by atoms with Crippen molar-refractivity contribution in [2.75, 3.05) is 24.1 Å². The number of hydrogen-bond acceptors (Lipinski definition) is 8. The van der Waals surface area contributed by atoms with Crippen LogP contribution in [-0.4, -0.2) is 82.8 Å². The van der Waals surface area contributed by atoms with Crippen LogP contribution in [0, 0.1) is 0 Å². The van der Waals surface area contributed by atoms with E-state index in [2.05, 4.69) is 0 Å². The Hall–Kier alpha value is -0.140. The van der Waals surface area contributed by atoms with E-state index in [-0.39, 0.29) is 11.5 Å². The van der Waals surface area contributed by atoms with Gasteiger partial charge in [-0.05, 0) is 0 Å². The Balaban J connectivity index is 4.92. The third-order valence-corrected chi connectivity index (χ3v) is 6.23. The largest absolute Gasteiger partial charge is 0.480 e. The molecule has 0 aromatic rings. The predicted molar refractivity (Wildman–Crippen MR) is 87.6 cm³/mol. The number of carboxylic acid groups (broad SMARTS) is 2. The standard InChI is InChI=1S/C8H18N2O10P2S2/c9-5(7(11)12)1-23-24-2-6(8(13)14)10(3-21(15,16)17)4-22(18,19)20/h5-6H,1-4,9H2,(H,11,12)(H,13,14)(H2,15,16,17)(H2,18,19,20)/t5-,6-/m0/s1. The Labute approximate surface area is 144 Å². The number of nitrogens with two attached hydrogens (primary N) is 1. The van der Waals surface area contributed by atoms with Crippen molar-refractivity contribution >= 4 is 48.7 Å². The number of rotatable bonds is 12. The molecule has 0 spiro atoms. The van der Waals surface area contributed by atoms with Crippen molar-refractivity contribution in [3.63, 3.8) is 0 Å². The van der Waals surface area contributed by atoms with Crippen molar-refractivity contribution in [3.8, 4) is 0 Å². The molecular weight excluding hydrogens is 410 g/mol. The number of carboxylic acids is 2. The molecule has 0 bridgehead atoms. The zero-order chi connectivity index (χ0) is 19.1. The van der Waals surface area contributed by atoms with Crippen molar-refractivity contribution in [3.05, 3.63) is 0 Å². The lowest BCUT2D eigenvalue weighted by atomic mass is 10.3. The van der Waals surface area contributed by atoms with Crippen molar-refractivity contribution in [1.29, 1.82) is 0 Å². The predicted octanol–water partition coefficient (Wildman–Crippen LogP) is -1.19. The zero-order valence-electron chi connectivity index (χ0n) is 12.0. The highest BCUT2D eigenvalue weighted by Crippen LogP contribution is 2.42. The molecule has 0 radical (unpaired) electrons. The maximum absolute atomic E-state index is 11.3. The minimum absolute atomic E-state index is 0.0523. The summed E-state index contributed by atoms with van der Waals surface area (Å²) in [5, 5.41) is 17.7. The van der Waals surface area contributed by atoms with Gasteiger partial charge in [0, 0.05) is 11.5 Å². The van der Waals surface area contributed by atoms with Gasteiger partial charge in [0.2, 0.25) is 0 Å². The molecule has 0 amide bonds. The molecule has 0 saturated carbocycles. The van der Waals surface area contributed by atoms with E-state index < -0.39 is 51.8 Å². The second-order valence-corrected chi connectivity index (χ2v) is 10.3. The van der Waals surface area contributed by atoms with Gasteiger partial charge in [-0.2, -0.15) is 0 Å². The number of carbonyl (C=O) groups is 2. The fourth-order valence-corrected chi connectivity index (χ4v) is 5.42. The molecule has 0 aliphatic heterocycles. The number of nitrogens with zero attached hydrogens (tertiary/aromatic N) is 1. The van der Waals surface area contributed by atoms with Crippen LogP contribution >= 0.6 is 36.8 Å². The highest BCUT2D eigenvalue weighted by molar-refractivity contribution is 8.76. The van der Waals surface area contributed by atoms with E-state index in [4.69, 9.17) is 35.5 Å². The van der Waals surface area contributed by atoms with Gasteiger partial charge in [-0.1, -0.05) is 21.6 Å². The SMILES string of the molecule is N[C@@H](CSSC[C@@H](C(=O)O)N(CP(=O)(O)O)CP(=O)(O)O)C(=O)O. The topological polar surface area (TPSA) is 219 Å². The van der Waals surface area contributed by atoms with Crippen molar-refractivity contribution < 1.29 is 48.5 Å². The number of hydrogen-bond donors (Lipinski definition) is 7. The van der Waals surface area contributed by atoms with Crippen molar-refractivity contribution in [2.45, 2.75) is 12.1 Å². The van der Waals surface area contributed by atoms with Gasteiger partial charge in [0.05, 0.1) is 0 Å². The first-order valence-corrected chi connectivity index (χ1v) is 12.1. The molecule has 8 N–H and O–H groups in total. The van der Waals surface area contributed by atoms with Gasteiger partial charge in [0.1, 0.15) is 24.7 Å². The Morgan fingerprint density at radius 2 is 1.33 bits per heavy atom. The van der Waals surface area contributed by atoms with Crippen molar-refractivity contribution in [1.82, 2.24) is 4.90 Å². The molecule has 0 saturated heterocycles. The minimum atomic E-state index is -4.76. The molecule has 142 valence electrons. The van der Waals surface area contributed by atoms with Gasteiger partial charge >= 0.3 is 27.1 Å². The monoisotopic (exact) mass is 428 g/mol. The van der Waals surface area contributed by atoms with Gasteiger partial charge in [-0.3, -0.25) is 23.6 Å². The average Bonchev–Trinajstić information content (AvgIpc) is 2.33. The van der Waals surface area contributed by atoms with Crippen LogP contribution in [0.1, 0.15) is 0 Å².